The van der Waals surface area contributed by atoms with E-state index in [0.717, 1.165) is 48.6 Å². The van der Waals surface area contributed by atoms with Crippen molar-refractivity contribution in [3.63, 3.8) is 0 Å². The molecule has 41 heavy (non-hydrogen) atoms. The van der Waals surface area contributed by atoms with E-state index in [4.69, 9.17) is 9.47 Å². The number of hydrogen-bond acceptors (Lipinski definition) is 8. The van der Waals surface area contributed by atoms with Crippen molar-refractivity contribution in [2.75, 3.05) is 25.1 Å². The van der Waals surface area contributed by atoms with Crippen molar-refractivity contribution in [2.24, 2.45) is 10.2 Å². The maximum atomic E-state index is 5.12. The van der Waals surface area contributed by atoms with Crippen molar-refractivity contribution in [2.45, 2.75) is 25.7 Å². The second-order valence-corrected chi connectivity index (χ2v) is 8.09. The smallest absolute Gasteiger partial charge is 0.118 e. The Morgan fingerprint density at radius 3 is 1.24 bits per heavy atom. The molecule has 4 aromatic rings. The molecule has 0 aliphatic rings. The van der Waals surface area contributed by atoms with Crippen LogP contribution in [0.25, 0.3) is 0 Å². The van der Waals surface area contributed by atoms with E-state index < -0.39 is 0 Å². The second-order valence-electron chi connectivity index (χ2n) is 8.09. The molecular formula is C30H38Cl2N6O3. The molecule has 0 radical (unpaired) electrons. The number of methoxy groups -OCH3 is 2. The third kappa shape index (κ3) is 15.3. The van der Waals surface area contributed by atoms with Gasteiger partial charge < -0.3 is 14.9 Å². The molecule has 0 saturated carbocycles. The van der Waals surface area contributed by atoms with Crippen molar-refractivity contribution in [1.82, 2.24) is 9.97 Å². The van der Waals surface area contributed by atoms with Gasteiger partial charge in [-0.2, -0.15) is 10.2 Å². The van der Waals surface area contributed by atoms with Gasteiger partial charge in [-0.05, 0) is 85.3 Å². The van der Waals surface area contributed by atoms with Gasteiger partial charge >= 0.3 is 0 Å². The largest absolute Gasteiger partial charge is 0.497 e. The van der Waals surface area contributed by atoms with Crippen LogP contribution in [0.15, 0.2) is 108 Å². The highest BCUT2D eigenvalue weighted by Crippen LogP contribution is 2.13. The minimum Gasteiger partial charge on any atom is -0.497 e. The number of anilines is 2. The van der Waals surface area contributed by atoms with E-state index in [1.807, 2.05) is 61.0 Å². The molecule has 2 aromatic heterocycles. The van der Waals surface area contributed by atoms with Crippen LogP contribution in [0.2, 0.25) is 0 Å². The highest BCUT2D eigenvalue weighted by Gasteiger charge is 1.94. The molecule has 0 aliphatic heterocycles. The monoisotopic (exact) mass is 600 g/mol. The molecule has 2 heterocycles. The lowest BCUT2D eigenvalue weighted by Gasteiger charge is -2.01. The summed E-state index contributed by atoms with van der Waals surface area (Å²) in [6.07, 6.45) is 14.4. The summed E-state index contributed by atoms with van der Waals surface area (Å²) in [7, 11) is 3.35. The molecule has 4 rings (SSSR count). The number of halogens is 2. The topological polar surface area (TPSA) is 125 Å². The molecule has 0 bridgehead atoms. The van der Waals surface area contributed by atoms with Crippen molar-refractivity contribution in [3.05, 3.63) is 109 Å². The quantitative estimate of drug-likeness (QED) is 0.146. The maximum absolute atomic E-state index is 5.12. The van der Waals surface area contributed by atoms with Gasteiger partial charge in [-0.25, -0.2) is 0 Å². The van der Waals surface area contributed by atoms with Crippen molar-refractivity contribution in [1.29, 1.82) is 0 Å². The molecule has 0 saturated heterocycles. The summed E-state index contributed by atoms with van der Waals surface area (Å²) in [5.74, 6) is 1.77. The Labute approximate surface area is 254 Å². The summed E-state index contributed by atoms with van der Waals surface area (Å²) < 4.78 is 10.2. The summed E-state index contributed by atoms with van der Waals surface area (Å²) in [6, 6.07) is 23.7. The SMILES string of the molecule is COc1ccc(CCC=NNc2ccncc2)cc1.COc1ccc(CCC=NNc2ccncc2)cc1.Cl.Cl.O. The van der Waals surface area contributed by atoms with E-state index in [2.05, 4.69) is 55.3 Å². The number of rotatable bonds is 12. The number of hydrogen-bond donors (Lipinski definition) is 2. The van der Waals surface area contributed by atoms with Gasteiger partial charge in [0.2, 0.25) is 0 Å². The molecule has 0 amide bonds. The molecule has 0 atom stereocenters. The average Bonchev–Trinajstić information content (AvgIpc) is 2.99. The lowest BCUT2D eigenvalue weighted by Crippen LogP contribution is -1.91. The summed E-state index contributed by atoms with van der Waals surface area (Å²) in [4.78, 5) is 7.88. The van der Waals surface area contributed by atoms with Crippen LogP contribution in [-0.2, 0) is 12.8 Å². The van der Waals surface area contributed by atoms with Crippen LogP contribution >= 0.6 is 24.8 Å². The Kier molecular flexibility index (Phi) is 20.3. The molecule has 220 valence electrons. The van der Waals surface area contributed by atoms with Crippen LogP contribution < -0.4 is 20.3 Å². The van der Waals surface area contributed by atoms with E-state index >= 15 is 0 Å². The van der Waals surface area contributed by atoms with Crippen LogP contribution in [-0.4, -0.2) is 42.1 Å². The minimum atomic E-state index is 0. The maximum Gasteiger partial charge on any atom is 0.118 e. The fourth-order valence-electron chi connectivity index (χ4n) is 3.27. The second kappa shape index (κ2) is 22.6. The predicted octanol–water partition coefficient (Wildman–Crippen LogP) is 6.26. The summed E-state index contributed by atoms with van der Waals surface area (Å²) in [6.45, 7) is 0. The lowest BCUT2D eigenvalue weighted by atomic mass is 10.1. The Morgan fingerprint density at radius 1 is 0.585 bits per heavy atom. The number of hydrazone groups is 2. The number of nitrogens with one attached hydrogen (secondary N) is 2. The number of aromatic nitrogens is 2. The normalized spacial score (nSPS) is 9.80. The summed E-state index contributed by atoms with van der Waals surface area (Å²) >= 11 is 0. The van der Waals surface area contributed by atoms with Crippen LogP contribution in [0.3, 0.4) is 0 Å². The van der Waals surface area contributed by atoms with Gasteiger partial charge in [0, 0.05) is 37.2 Å². The summed E-state index contributed by atoms with van der Waals surface area (Å²) in [5, 5.41) is 8.33. The van der Waals surface area contributed by atoms with Crippen molar-refractivity contribution < 1.29 is 14.9 Å². The van der Waals surface area contributed by atoms with E-state index in [0.29, 0.717) is 0 Å². The Balaban J connectivity index is 0.000000727. The first kappa shape index (κ1) is 36.8. The number of nitrogens with zero attached hydrogens (tertiary/aromatic N) is 4. The van der Waals surface area contributed by atoms with Crippen molar-refractivity contribution >= 4 is 48.6 Å². The van der Waals surface area contributed by atoms with E-state index in [1.165, 1.54) is 11.1 Å². The van der Waals surface area contributed by atoms with E-state index in [1.54, 1.807) is 39.0 Å². The first-order valence-corrected chi connectivity index (χ1v) is 12.4. The van der Waals surface area contributed by atoms with Gasteiger partial charge in [-0.3, -0.25) is 20.8 Å². The first-order chi connectivity index (χ1) is 18.8. The van der Waals surface area contributed by atoms with Gasteiger partial charge in [0.05, 0.1) is 25.6 Å². The van der Waals surface area contributed by atoms with E-state index in [9.17, 15) is 0 Å². The molecule has 0 aliphatic carbocycles. The number of ether oxygens (including phenoxy) is 2. The molecule has 2 aromatic carbocycles. The molecule has 0 fully saturated rings. The van der Waals surface area contributed by atoms with Gasteiger partial charge in [0.25, 0.3) is 0 Å². The minimum absolute atomic E-state index is 0. The molecule has 11 heteroatoms. The number of pyridine rings is 2. The molecule has 9 nitrogen and oxygen atoms in total. The molecule has 0 unspecified atom stereocenters. The fourth-order valence-corrected chi connectivity index (χ4v) is 3.27. The predicted molar refractivity (Wildman–Crippen MR) is 173 cm³/mol. The first-order valence-electron chi connectivity index (χ1n) is 12.4. The third-order valence-electron chi connectivity index (χ3n) is 5.37. The van der Waals surface area contributed by atoms with Crippen LogP contribution in [0, 0.1) is 0 Å². The van der Waals surface area contributed by atoms with Gasteiger partial charge in [-0.15, -0.1) is 24.8 Å². The molecule has 4 N–H and O–H groups in total. The van der Waals surface area contributed by atoms with E-state index in [-0.39, 0.29) is 30.3 Å². The van der Waals surface area contributed by atoms with Crippen LogP contribution in [0.1, 0.15) is 24.0 Å². The summed E-state index contributed by atoms with van der Waals surface area (Å²) in [5.41, 5.74) is 10.3. The number of aryl methyl sites for hydroxylation is 2. The Bertz CT molecular complexity index is 1130. The zero-order valence-corrected chi connectivity index (χ0v) is 24.8. The average molecular weight is 602 g/mol. The number of benzene rings is 2. The Hall–Kier alpha value is -4.18. The molecule has 0 spiro atoms. The lowest BCUT2D eigenvalue weighted by molar-refractivity contribution is 0.414. The van der Waals surface area contributed by atoms with Crippen LogP contribution in [0.5, 0.6) is 11.5 Å². The van der Waals surface area contributed by atoms with Crippen molar-refractivity contribution in [3.8, 4) is 11.5 Å². The third-order valence-corrected chi connectivity index (χ3v) is 5.37. The van der Waals surface area contributed by atoms with Gasteiger partial charge in [-0.1, -0.05) is 24.3 Å². The van der Waals surface area contributed by atoms with Gasteiger partial charge in [0.15, 0.2) is 0 Å². The highest BCUT2D eigenvalue weighted by molar-refractivity contribution is 5.85. The zero-order chi connectivity index (χ0) is 26.7. The standard InChI is InChI=1S/2C15H17N3O.2ClH.H2O/c2*1-19-15-6-4-13(5-7-15)3-2-10-17-18-14-8-11-16-12-9-14;;;/h2*4-12H,2-3H2,1H3,(H,16,18);2*1H;1H2. The Morgan fingerprint density at radius 2 is 0.927 bits per heavy atom. The highest BCUT2D eigenvalue weighted by atomic mass is 35.5. The molecular weight excluding hydrogens is 563 g/mol. The van der Waals surface area contributed by atoms with Crippen LogP contribution in [0.4, 0.5) is 11.4 Å². The zero-order valence-electron chi connectivity index (χ0n) is 23.1. The van der Waals surface area contributed by atoms with Gasteiger partial charge in [0.1, 0.15) is 11.5 Å². The fraction of sp³-hybridized carbons (Fsp3) is 0.200.